The minimum atomic E-state index is -0.0483. The van der Waals surface area contributed by atoms with Crippen LogP contribution in [0, 0.1) is 11.3 Å². The number of hydrogen-bond donors (Lipinski definition) is 2. The van der Waals surface area contributed by atoms with E-state index in [-0.39, 0.29) is 11.9 Å². The number of aromatic amines is 1. The summed E-state index contributed by atoms with van der Waals surface area (Å²) in [6, 6.07) is 11.7. The van der Waals surface area contributed by atoms with Gasteiger partial charge >= 0.3 is 0 Å². The van der Waals surface area contributed by atoms with Gasteiger partial charge in [0.1, 0.15) is 5.82 Å². The number of hydrogen-bond acceptors (Lipinski definition) is 4. The fourth-order valence-electron chi connectivity index (χ4n) is 4.47. The first kappa shape index (κ1) is 20.7. The van der Waals surface area contributed by atoms with Gasteiger partial charge in [-0.15, -0.1) is 0 Å². The summed E-state index contributed by atoms with van der Waals surface area (Å²) < 4.78 is 0.805. The number of nitriles is 1. The quantitative estimate of drug-likeness (QED) is 0.716. The van der Waals surface area contributed by atoms with E-state index in [0.717, 1.165) is 60.5 Å². The molecule has 1 fully saturated rings. The SMILES string of the molecule is CC1=C(N2CCC[C@@H](N)C2)N(Cc2ccccc2C#N)C(=O)c2cc(Br)[nH]c2CC1. The molecule has 2 aliphatic heterocycles. The molecule has 0 saturated carbocycles. The predicted molar refractivity (Wildman–Crippen MR) is 119 cm³/mol. The minimum absolute atomic E-state index is 0.0483. The van der Waals surface area contributed by atoms with Gasteiger partial charge in [0.25, 0.3) is 5.91 Å². The number of carbonyl (C=O) groups excluding carboxylic acids is 1. The van der Waals surface area contributed by atoms with E-state index < -0.39 is 0 Å². The second-order valence-electron chi connectivity index (χ2n) is 8.12. The first-order valence-electron chi connectivity index (χ1n) is 10.4. The van der Waals surface area contributed by atoms with E-state index in [2.05, 4.69) is 38.8 Å². The Morgan fingerprint density at radius 2 is 2.13 bits per heavy atom. The largest absolute Gasteiger partial charge is 0.356 e. The molecule has 7 heteroatoms. The van der Waals surface area contributed by atoms with Crippen LogP contribution in [0.1, 0.15) is 53.4 Å². The predicted octanol–water partition coefficient (Wildman–Crippen LogP) is 3.89. The Morgan fingerprint density at radius 1 is 1.33 bits per heavy atom. The van der Waals surface area contributed by atoms with E-state index in [1.807, 2.05) is 29.2 Å². The van der Waals surface area contributed by atoms with Crippen molar-refractivity contribution in [3.8, 4) is 6.07 Å². The van der Waals surface area contributed by atoms with Crippen LogP contribution in [0.5, 0.6) is 0 Å². The van der Waals surface area contributed by atoms with Crippen LogP contribution in [0.2, 0.25) is 0 Å². The molecule has 156 valence electrons. The lowest BCUT2D eigenvalue weighted by Crippen LogP contribution is -2.48. The number of benzene rings is 1. The van der Waals surface area contributed by atoms with Crippen molar-refractivity contribution >= 4 is 21.8 Å². The molecule has 6 nitrogen and oxygen atoms in total. The van der Waals surface area contributed by atoms with E-state index >= 15 is 0 Å². The molecule has 1 aromatic carbocycles. The summed E-state index contributed by atoms with van der Waals surface area (Å²) >= 11 is 3.49. The van der Waals surface area contributed by atoms with Gasteiger partial charge in [0.2, 0.25) is 0 Å². The van der Waals surface area contributed by atoms with Gasteiger partial charge in [-0.2, -0.15) is 5.26 Å². The molecule has 0 bridgehead atoms. The zero-order valence-corrected chi connectivity index (χ0v) is 18.7. The lowest BCUT2D eigenvalue weighted by molar-refractivity contribution is 0.0707. The lowest BCUT2D eigenvalue weighted by atomic mass is 9.99. The number of nitrogens with two attached hydrogens (primary N) is 1. The second-order valence-corrected chi connectivity index (χ2v) is 8.98. The number of halogens is 1. The van der Waals surface area contributed by atoms with Gasteiger partial charge in [-0.1, -0.05) is 18.2 Å². The third kappa shape index (κ3) is 4.03. The van der Waals surface area contributed by atoms with Crippen LogP contribution in [-0.2, 0) is 13.0 Å². The first-order chi connectivity index (χ1) is 14.5. The van der Waals surface area contributed by atoms with Crippen LogP contribution in [0.15, 0.2) is 46.3 Å². The number of amides is 1. The van der Waals surface area contributed by atoms with Crippen molar-refractivity contribution in [3.63, 3.8) is 0 Å². The average Bonchev–Trinajstić information content (AvgIpc) is 3.11. The number of nitrogens with one attached hydrogen (secondary N) is 1. The van der Waals surface area contributed by atoms with Crippen molar-refractivity contribution < 1.29 is 4.79 Å². The third-order valence-corrected chi connectivity index (χ3v) is 6.38. The maximum atomic E-state index is 13.8. The highest BCUT2D eigenvalue weighted by Crippen LogP contribution is 2.31. The Labute approximate surface area is 185 Å². The summed E-state index contributed by atoms with van der Waals surface area (Å²) in [5.41, 5.74) is 10.5. The maximum Gasteiger partial charge on any atom is 0.261 e. The molecule has 2 aliphatic rings. The van der Waals surface area contributed by atoms with Gasteiger partial charge in [0, 0.05) is 24.8 Å². The number of allylic oxidation sites excluding steroid dienone is 1. The van der Waals surface area contributed by atoms with Gasteiger partial charge in [-0.3, -0.25) is 9.69 Å². The molecule has 2 aromatic rings. The number of aromatic nitrogens is 1. The zero-order chi connectivity index (χ0) is 21.3. The van der Waals surface area contributed by atoms with Crippen LogP contribution < -0.4 is 5.73 Å². The summed E-state index contributed by atoms with van der Waals surface area (Å²) in [5, 5.41) is 9.57. The number of piperidine rings is 1. The summed E-state index contributed by atoms with van der Waals surface area (Å²) in [6.45, 7) is 4.08. The van der Waals surface area contributed by atoms with Crippen LogP contribution in [0.25, 0.3) is 0 Å². The van der Waals surface area contributed by atoms with Gasteiger partial charge in [0.05, 0.1) is 28.3 Å². The number of nitrogens with zero attached hydrogens (tertiary/aromatic N) is 3. The summed E-state index contributed by atoms with van der Waals surface area (Å²) in [4.78, 5) is 21.2. The van der Waals surface area contributed by atoms with E-state index in [1.54, 1.807) is 6.07 Å². The van der Waals surface area contributed by atoms with Crippen LogP contribution in [0.4, 0.5) is 0 Å². The van der Waals surface area contributed by atoms with E-state index in [9.17, 15) is 10.1 Å². The molecule has 4 rings (SSSR count). The van der Waals surface area contributed by atoms with Crippen LogP contribution in [-0.4, -0.2) is 39.8 Å². The van der Waals surface area contributed by atoms with Gasteiger partial charge in [0.15, 0.2) is 0 Å². The van der Waals surface area contributed by atoms with Crippen molar-refractivity contribution in [3.05, 3.63) is 68.7 Å². The average molecular weight is 468 g/mol. The Balaban J connectivity index is 1.81. The Bertz CT molecular complexity index is 1030. The van der Waals surface area contributed by atoms with Crippen molar-refractivity contribution in [2.75, 3.05) is 13.1 Å². The number of H-pyrrole nitrogens is 1. The minimum Gasteiger partial charge on any atom is -0.356 e. The summed E-state index contributed by atoms with van der Waals surface area (Å²) in [5.74, 6) is 0.902. The number of carbonyl (C=O) groups is 1. The molecule has 0 aliphatic carbocycles. The lowest BCUT2D eigenvalue weighted by Gasteiger charge is -2.41. The molecule has 3 N–H and O–H groups in total. The van der Waals surface area contributed by atoms with Crippen LogP contribution >= 0.6 is 15.9 Å². The molecule has 3 heterocycles. The van der Waals surface area contributed by atoms with E-state index in [4.69, 9.17) is 5.73 Å². The fourth-order valence-corrected chi connectivity index (χ4v) is 4.94. The van der Waals surface area contributed by atoms with Crippen molar-refractivity contribution in [1.29, 1.82) is 5.26 Å². The standard InChI is InChI=1S/C23H26BrN5O/c1-15-8-9-20-19(11-21(24)27-20)23(30)29(13-17-6-3-2-5-16(17)12-25)22(15)28-10-4-7-18(26)14-28/h2-3,5-6,11,18,27H,4,7-10,13-14,26H2,1H3/t18-/m1/s1. The van der Waals surface area contributed by atoms with Gasteiger partial charge in [-0.25, -0.2) is 0 Å². The molecule has 30 heavy (non-hydrogen) atoms. The molecular formula is C23H26BrN5O. The second kappa shape index (κ2) is 8.66. The summed E-state index contributed by atoms with van der Waals surface area (Å²) in [7, 11) is 0. The van der Waals surface area contributed by atoms with E-state index in [0.29, 0.717) is 17.7 Å². The molecule has 0 spiro atoms. The number of fused-ring (bicyclic) bond motifs is 1. The fraction of sp³-hybridized carbons (Fsp3) is 0.391. The Hall–Kier alpha value is -2.56. The van der Waals surface area contributed by atoms with Crippen molar-refractivity contribution in [2.45, 2.75) is 45.2 Å². The molecule has 1 aromatic heterocycles. The Morgan fingerprint density at radius 3 is 2.90 bits per heavy atom. The molecule has 1 amide bonds. The van der Waals surface area contributed by atoms with Crippen LogP contribution in [0.3, 0.4) is 0 Å². The monoisotopic (exact) mass is 467 g/mol. The smallest absolute Gasteiger partial charge is 0.261 e. The molecule has 1 saturated heterocycles. The molecule has 0 radical (unpaired) electrons. The number of aryl methyl sites for hydroxylation is 1. The zero-order valence-electron chi connectivity index (χ0n) is 17.1. The molecule has 0 unspecified atom stereocenters. The highest BCUT2D eigenvalue weighted by molar-refractivity contribution is 9.10. The highest BCUT2D eigenvalue weighted by atomic mass is 79.9. The first-order valence-corrected chi connectivity index (χ1v) is 11.1. The maximum absolute atomic E-state index is 13.8. The third-order valence-electron chi connectivity index (χ3n) is 5.95. The number of rotatable bonds is 3. The molecular weight excluding hydrogens is 442 g/mol. The topological polar surface area (TPSA) is 89.2 Å². The summed E-state index contributed by atoms with van der Waals surface area (Å²) in [6.07, 6.45) is 3.65. The van der Waals surface area contributed by atoms with Crippen molar-refractivity contribution in [1.82, 2.24) is 14.8 Å². The highest BCUT2D eigenvalue weighted by Gasteiger charge is 2.32. The van der Waals surface area contributed by atoms with Gasteiger partial charge in [-0.05, 0) is 71.8 Å². The number of likely N-dealkylation sites (tertiary alicyclic amines) is 1. The Kier molecular flexibility index (Phi) is 5.98. The van der Waals surface area contributed by atoms with Crippen molar-refractivity contribution in [2.24, 2.45) is 5.73 Å². The van der Waals surface area contributed by atoms with E-state index in [1.165, 1.54) is 5.57 Å². The van der Waals surface area contributed by atoms with Gasteiger partial charge < -0.3 is 15.6 Å². The molecule has 1 atom stereocenters. The normalized spacial score (nSPS) is 19.9.